The monoisotopic (exact) mass is 578 g/mol. The third-order valence-corrected chi connectivity index (χ3v) is 8.21. The van der Waals surface area contributed by atoms with Crippen molar-refractivity contribution in [3.63, 3.8) is 0 Å². The van der Waals surface area contributed by atoms with Crippen LogP contribution in [0.2, 0.25) is 5.02 Å². The van der Waals surface area contributed by atoms with Gasteiger partial charge in [0.15, 0.2) is 0 Å². The number of aryl methyl sites for hydroxylation is 1. The van der Waals surface area contributed by atoms with Crippen LogP contribution in [0.3, 0.4) is 0 Å². The second-order valence-electron chi connectivity index (χ2n) is 10.2. The number of rotatable bonds is 6. The Kier molecular flexibility index (Phi) is 7.11. The number of alkyl halides is 3. The number of halogens is 4. The van der Waals surface area contributed by atoms with E-state index in [4.69, 9.17) is 16.3 Å². The maximum Gasteiger partial charge on any atom is 0.406 e. The van der Waals surface area contributed by atoms with Crippen LogP contribution >= 0.6 is 22.9 Å². The summed E-state index contributed by atoms with van der Waals surface area (Å²) in [4.78, 5) is 30.2. The van der Waals surface area contributed by atoms with E-state index < -0.39 is 24.0 Å². The van der Waals surface area contributed by atoms with Crippen molar-refractivity contribution >= 4 is 33.2 Å². The van der Waals surface area contributed by atoms with Gasteiger partial charge in [-0.2, -0.15) is 13.2 Å². The number of thiophene rings is 1. The van der Waals surface area contributed by atoms with Crippen molar-refractivity contribution in [1.29, 1.82) is 0 Å². The molecule has 3 aromatic heterocycles. The fourth-order valence-electron chi connectivity index (χ4n) is 4.88. The number of pyridine rings is 1. The molecule has 0 saturated carbocycles. The quantitative estimate of drug-likeness (QED) is 0.332. The maximum atomic E-state index is 12.9. The number of nitrogens with one attached hydrogen (secondary N) is 1. The van der Waals surface area contributed by atoms with Gasteiger partial charge in [-0.25, -0.2) is 4.79 Å². The zero-order valence-corrected chi connectivity index (χ0v) is 23.0. The van der Waals surface area contributed by atoms with Gasteiger partial charge in [-0.3, -0.25) is 18.9 Å². The van der Waals surface area contributed by atoms with E-state index in [0.717, 1.165) is 51.2 Å². The van der Waals surface area contributed by atoms with Gasteiger partial charge in [-0.05, 0) is 63.6 Å². The molecule has 5 rings (SSSR count). The molecule has 1 atom stereocenters. The minimum atomic E-state index is -4.60. The van der Waals surface area contributed by atoms with E-state index in [-0.39, 0.29) is 18.2 Å². The minimum absolute atomic E-state index is 0.0591. The van der Waals surface area contributed by atoms with Crippen LogP contribution in [0.15, 0.2) is 52.3 Å². The molecule has 206 valence electrons. The number of hydrogen-bond donors (Lipinski definition) is 1. The van der Waals surface area contributed by atoms with Crippen molar-refractivity contribution in [2.75, 3.05) is 6.54 Å². The topological polar surface area (TPSA) is 78.2 Å². The van der Waals surface area contributed by atoms with E-state index in [1.165, 1.54) is 11.3 Å². The number of benzene rings is 1. The highest BCUT2D eigenvalue weighted by molar-refractivity contribution is 7.19. The van der Waals surface area contributed by atoms with Crippen LogP contribution in [0.1, 0.15) is 30.7 Å². The van der Waals surface area contributed by atoms with Crippen molar-refractivity contribution in [2.45, 2.75) is 58.1 Å². The van der Waals surface area contributed by atoms with Crippen LogP contribution in [0, 0.1) is 6.92 Å². The van der Waals surface area contributed by atoms with Crippen LogP contribution in [0.4, 0.5) is 13.2 Å². The standard InChI is InChI=1S/C27H26ClF3N4O3S/c1-15-10-16(28)11-19(23(15)38-21-5-8-33-26(21,2)3)18-4-7-32-20-12-17(39-24(18)20)13-35-22(36)6-9-34(25(35)37)14-27(29,30)31/h4,6-7,9-12,21,33H,5,8,13-14H2,1-3H3. The molecule has 12 heteroatoms. The molecule has 4 aromatic rings. The zero-order chi connectivity index (χ0) is 28.1. The number of aromatic nitrogens is 3. The molecule has 1 aliphatic heterocycles. The van der Waals surface area contributed by atoms with Gasteiger partial charge in [0.1, 0.15) is 18.4 Å². The Hall–Kier alpha value is -3.15. The van der Waals surface area contributed by atoms with Crippen molar-refractivity contribution in [1.82, 2.24) is 19.4 Å². The normalized spacial score (nSPS) is 17.2. The molecule has 1 aliphatic rings. The molecule has 1 aromatic carbocycles. The summed E-state index contributed by atoms with van der Waals surface area (Å²) in [6, 6.07) is 8.23. The van der Waals surface area contributed by atoms with E-state index >= 15 is 0 Å². The van der Waals surface area contributed by atoms with Gasteiger partial charge in [0.2, 0.25) is 0 Å². The van der Waals surface area contributed by atoms with E-state index in [0.29, 0.717) is 25.7 Å². The average molecular weight is 579 g/mol. The highest BCUT2D eigenvalue weighted by atomic mass is 35.5. The van der Waals surface area contributed by atoms with E-state index in [1.807, 2.05) is 25.1 Å². The molecule has 4 heterocycles. The number of hydrogen-bond acceptors (Lipinski definition) is 6. The smallest absolute Gasteiger partial charge is 0.406 e. The molecular formula is C27H26ClF3N4O3S. The van der Waals surface area contributed by atoms with Gasteiger partial charge >= 0.3 is 11.9 Å². The Morgan fingerprint density at radius 1 is 1.21 bits per heavy atom. The molecule has 0 spiro atoms. The van der Waals surface area contributed by atoms with Crippen LogP contribution in [-0.2, 0) is 13.1 Å². The van der Waals surface area contributed by atoms with Crippen LogP contribution in [-0.4, -0.2) is 38.5 Å². The summed E-state index contributed by atoms with van der Waals surface area (Å²) in [6.07, 6.45) is -1.29. The van der Waals surface area contributed by atoms with Crippen LogP contribution < -0.4 is 21.3 Å². The lowest BCUT2D eigenvalue weighted by Gasteiger charge is -2.29. The third-order valence-electron chi connectivity index (χ3n) is 6.85. The summed E-state index contributed by atoms with van der Waals surface area (Å²) in [5, 5.41) is 4.00. The number of ether oxygens (including phenoxy) is 1. The van der Waals surface area contributed by atoms with Gasteiger partial charge < -0.3 is 10.1 Å². The molecule has 1 saturated heterocycles. The van der Waals surface area contributed by atoms with Gasteiger partial charge in [-0.1, -0.05) is 11.6 Å². The van der Waals surface area contributed by atoms with Crippen LogP contribution in [0.5, 0.6) is 5.75 Å². The van der Waals surface area contributed by atoms with E-state index in [2.05, 4.69) is 24.1 Å². The molecule has 0 amide bonds. The van der Waals surface area contributed by atoms with Crippen LogP contribution in [0.25, 0.3) is 21.3 Å². The molecule has 0 bridgehead atoms. The Balaban J connectivity index is 1.57. The molecule has 7 nitrogen and oxygen atoms in total. The van der Waals surface area contributed by atoms with Gasteiger partial charge in [0.05, 0.1) is 16.8 Å². The highest BCUT2D eigenvalue weighted by Crippen LogP contribution is 2.42. The fraction of sp³-hybridized carbons (Fsp3) is 0.370. The molecular weight excluding hydrogens is 553 g/mol. The second kappa shape index (κ2) is 10.1. The Labute approximate surface area is 230 Å². The highest BCUT2D eigenvalue weighted by Gasteiger charge is 2.36. The summed E-state index contributed by atoms with van der Waals surface area (Å²) < 4.78 is 47.4. The Morgan fingerprint density at radius 3 is 2.67 bits per heavy atom. The predicted molar refractivity (Wildman–Crippen MR) is 146 cm³/mol. The predicted octanol–water partition coefficient (Wildman–Crippen LogP) is 5.38. The lowest BCUT2D eigenvalue weighted by atomic mass is 9.98. The molecule has 39 heavy (non-hydrogen) atoms. The first-order valence-corrected chi connectivity index (χ1v) is 13.5. The molecule has 1 unspecified atom stereocenters. The lowest BCUT2D eigenvalue weighted by molar-refractivity contribution is -0.141. The summed E-state index contributed by atoms with van der Waals surface area (Å²) >= 11 is 7.78. The lowest BCUT2D eigenvalue weighted by Crippen LogP contribution is -2.44. The Bertz CT molecular complexity index is 1680. The summed E-state index contributed by atoms with van der Waals surface area (Å²) in [7, 11) is 0. The largest absolute Gasteiger partial charge is 0.488 e. The third kappa shape index (κ3) is 5.61. The first-order chi connectivity index (χ1) is 18.3. The Morgan fingerprint density at radius 2 is 1.97 bits per heavy atom. The van der Waals surface area contributed by atoms with Gasteiger partial charge in [0, 0.05) is 45.0 Å². The van der Waals surface area contributed by atoms with E-state index in [9.17, 15) is 22.8 Å². The second-order valence-corrected chi connectivity index (χ2v) is 11.8. The summed E-state index contributed by atoms with van der Waals surface area (Å²) in [6.45, 7) is 5.31. The zero-order valence-electron chi connectivity index (χ0n) is 21.4. The average Bonchev–Trinajstić information content (AvgIpc) is 3.41. The van der Waals surface area contributed by atoms with Gasteiger partial charge in [0.25, 0.3) is 5.56 Å². The first-order valence-electron chi connectivity index (χ1n) is 12.3. The number of fused-ring (bicyclic) bond motifs is 1. The van der Waals surface area contributed by atoms with Gasteiger partial charge in [-0.15, -0.1) is 11.3 Å². The fourth-order valence-corrected chi connectivity index (χ4v) is 6.29. The first kappa shape index (κ1) is 27.4. The van der Waals surface area contributed by atoms with Crippen molar-refractivity contribution in [3.05, 3.63) is 79.0 Å². The molecule has 0 aliphatic carbocycles. The van der Waals surface area contributed by atoms with Crippen molar-refractivity contribution in [3.8, 4) is 16.9 Å². The molecule has 0 radical (unpaired) electrons. The van der Waals surface area contributed by atoms with Crippen molar-refractivity contribution < 1.29 is 17.9 Å². The molecule has 1 fully saturated rings. The minimum Gasteiger partial charge on any atom is -0.488 e. The summed E-state index contributed by atoms with van der Waals surface area (Å²) in [5.74, 6) is 0.706. The number of nitrogens with zero attached hydrogens (tertiary/aromatic N) is 3. The van der Waals surface area contributed by atoms with E-state index in [1.54, 1.807) is 12.3 Å². The maximum absolute atomic E-state index is 12.9. The van der Waals surface area contributed by atoms with Crippen molar-refractivity contribution in [2.24, 2.45) is 0 Å². The SMILES string of the molecule is Cc1cc(Cl)cc(-c2ccnc3cc(Cn4c(=O)ccn(CC(F)(F)F)c4=O)sc23)c1OC1CCNC1(C)C. The summed E-state index contributed by atoms with van der Waals surface area (Å²) in [5.41, 5.74) is 1.18. The molecule has 1 N–H and O–H groups in total.